The molecule has 0 aliphatic carbocycles. The number of nitrogens with one attached hydrogen (secondary N) is 1. The van der Waals surface area contributed by atoms with Crippen LogP contribution in [0.3, 0.4) is 0 Å². The molecular weight excluding hydrogens is 488 g/mol. The first kappa shape index (κ1) is 28.3. The lowest BCUT2D eigenvalue weighted by atomic mass is 10.0. The van der Waals surface area contributed by atoms with Crippen molar-refractivity contribution in [3.63, 3.8) is 0 Å². The Morgan fingerprint density at radius 3 is 2.79 bits per heavy atom. The van der Waals surface area contributed by atoms with Gasteiger partial charge in [0.1, 0.15) is 12.1 Å². The number of thiophene rings is 1. The Bertz CT molecular complexity index is 1050. The van der Waals surface area contributed by atoms with Gasteiger partial charge in [0.05, 0.1) is 29.3 Å². The lowest BCUT2D eigenvalue weighted by Crippen LogP contribution is -2.15. The monoisotopic (exact) mass is 520 g/mol. The summed E-state index contributed by atoms with van der Waals surface area (Å²) < 4.78 is 5.25. The van der Waals surface area contributed by atoms with Gasteiger partial charge in [-0.25, -0.2) is 9.97 Å². The van der Waals surface area contributed by atoms with Gasteiger partial charge in [0, 0.05) is 17.8 Å². The number of carbonyl (C=O) groups excluding carboxylic acids is 1. The van der Waals surface area contributed by atoms with Crippen LogP contribution in [0.4, 0.5) is 5.82 Å². The maximum atomic E-state index is 13.2. The number of hydrogen-bond donors (Lipinski definition) is 2. The number of carbonyl (C=O) groups is 1. The van der Waals surface area contributed by atoms with Crippen LogP contribution < -0.4 is 10.5 Å². The lowest BCUT2D eigenvalue weighted by molar-refractivity contribution is 0.104. The maximum absolute atomic E-state index is 13.2. The summed E-state index contributed by atoms with van der Waals surface area (Å²) >= 11 is 8.57. The molecule has 1 unspecified atom stereocenters. The summed E-state index contributed by atoms with van der Waals surface area (Å²) in [5, 5.41) is 11.4. The van der Waals surface area contributed by atoms with E-state index in [0.29, 0.717) is 35.3 Å². The fourth-order valence-electron chi connectivity index (χ4n) is 3.27. The van der Waals surface area contributed by atoms with Crippen molar-refractivity contribution in [3.8, 4) is 0 Å². The van der Waals surface area contributed by atoms with Gasteiger partial charge in [0.2, 0.25) is 5.78 Å². The molecule has 0 aliphatic rings. The molecule has 0 fully saturated rings. The summed E-state index contributed by atoms with van der Waals surface area (Å²) in [6, 6.07) is 7.99. The zero-order valence-electron chi connectivity index (χ0n) is 20.1. The van der Waals surface area contributed by atoms with E-state index in [2.05, 4.69) is 28.3 Å². The summed E-state index contributed by atoms with van der Waals surface area (Å²) in [5.74, 6) is 0.852. The van der Waals surface area contributed by atoms with E-state index in [0.717, 1.165) is 53.2 Å². The summed E-state index contributed by atoms with van der Waals surface area (Å²) in [4.78, 5) is 22.2. The predicted octanol–water partition coefficient (Wildman–Crippen LogP) is 6.71. The van der Waals surface area contributed by atoms with Gasteiger partial charge in [-0.1, -0.05) is 50.9 Å². The SMILES string of the molecule is CC.CCC(CCNc1ncncc1C(=O)c1cc(Cc2ccc(C)c(Cl)c2)cs1)COSN. The van der Waals surface area contributed by atoms with Gasteiger partial charge in [-0.05, 0) is 59.9 Å². The maximum Gasteiger partial charge on any atom is 0.208 e. The van der Waals surface area contributed by atoms with Crippen LogP contribution in [0.25, 0.3) is 0 Å². The van der Waals surface area contributed by atoms with E-state index in [4.69, 9.17) is 20.9 Å². The van der Waals surface area contributed by atoms with Gasteiger partial charge >= 0.3 is 0 Å². The van der Waals surface area contributed by atoms with Crippen molar-refractivity contribution in [3.05, 3.63) is 74.3 Å². The summed E-state index contributed by atoms with van der Waals surface area (Å²) in [6.45, 7) is 9.38. The minimum absolute atomic E-state index is 0.0822. The highest BCUT2D eigenvalue weighted by Crippen LogP contribution is 2.25. The predicted molar refractivity (Wildman–Crippen MR) is 145 cm³/mol. The molecule has 34 heavy (non-hydrogen) atoms. The molecule has 0 spiro atoms. The molecular formula is C25H33ClN4O2S2. The molecule has 0 radical (unpaired) electrons. The average molecular weight is 521 g/mol. The molecule has 0 aliphatic heterocycles. The van der Waals surface area contributed by atoms with Crippen LogP contribution in [0.1, 0.15) is 65.5 Å². The quantitative estimate of drug-likeness (QED) is 0.156. The number of ketones is 1. The Balaban J connectivity index is 0.00000199. The molecule has 1 atom stereocenters. The number of nitrogens with two attached hydrogens (primary N) is 1. The molecule has 6 nitrogen and oxygen atoms in total. The molecule has 0 bridgehead atoms. The van der Waals surface area contributed by atoms with Crippen LogP contribution in [0.5, 0.6) is 0 Å². The van der Waals surface area contributed by atoms with Crippen molar-refractivity contribution in [1.82, 2.24) is 9.97 Å². The van der Waals surface area contributed by atoms with E-state index in [1.807, 2.05) is 44.4 Å². The van der Waals surface area contributed by atoms with Crippen LogP contribution in [0.15, 0.2) is 42.2 Å². The molecule has 3 N–H and O–H groups in total. The van der Waals surface area contributed by atoms with Crippen LogP contribution in [-0.4, -0.2) is 28.9 Å². The van der Waals surface area contributed by atoms with Crippen LogP contribution in [-0.2, 0) is 10.6 Å². The van der Waals surface area contributed by atoms with Crippen LogP contribution in [0, 0.1) is 12.8 Å². The fraction of sp³-hybridized carbons (Fsp3) is 0.400. The number of benzene rings is 1. The van der Waals surface area contributed by atoms with E-state index < -0.39 is 0 Å². The van der Waals surface area contributed by atoms with Crippen LogP contribution >= 0.6 is 35.2 Å². The number of nitrogens with zero attached hydrogens (tertiary/aromatic N) is 2. The summed E-state index contributed by atoms with van der Waals surface area (Å²) in [6.07, 6.45) is 5.62. The lowest BCUT2D eigenvalue weighted by Gasteiger charge is -2.15. The topological polar surface area (TPSA) is 90.1 Å². The van der Waals surface area contributed by atoms with Gasteiger partial charge < -0.3 is 9.50 Å². The van der Waals surface area contributed by atoms with Crippen molar-refractivity contribution in [2.45, 2.75) is 47.0 Å². The largest absolute Gasteiger partial charge is 0.369 e. The molecule has 2 aromatic heterocycles. The molecule has 184 valence electrons. The second-order valence-corrected chi connectivity index (χ2v) is 9.31. The second-order valence-electron chi connectivity index (χ2n) is 7.56. The third kappa shape index (κ3) is 8.36. The Hall–Kier alpha value is -1.97. The summed E-state index contributed by atoms with van der Waals surface area (Å²) in [5.41, 5.74) is 3.72. The van der Waals surface area contributed by atoms with E-state index in [9.17, 15) is 4.79 Å². The fourth-order valence-corrected chi connectivity index (χ4v) is 4.61. The number of hydrogen-bond acceptors (Lipinski definition) is 8. The normalized spacial score (nSPS) is 11.5. The molecule has 0 saturated carbocycles. The Morgan fingerprint density at radius 1 is 1.29 bits per heavy atom. The van der Waals surface area contributed by atoms with Crippen molar-refractivity contribution in [1.29, 1.82) is 0 Å². The molecule has 2 heterocycles. The van der Waals surface area contributed by atoms with Gasteiger partial charge in [0.15, 0.2) is 0 Å². The number of rotatable bonds is 12. The van der Waals surface area contributed by atoms with E-state index in [-0.39, 0.29) is 5.78 Å². The highest BCUT2D eigenvalue weighted by molar-refractivity contribution is 7.92. The summed E-state index contributed by atoms with van der Waals surface area (Å²) in [7, 11) is 0. The van der Waals surface area contributed by atoms with Crippen LogP contribution in [0.2, 0.25) is 5.02 Å². The Labute approximate surface area is 216 Å². The first-order valence-electron chi connectivity index (χ1n) is 11.4. The van der Waals surface area contributed by atoms with Gasteiger partial charge in [-0.15, -0.1) is 11.3 Å². The first-order chi connectivity index (χ1) is 16.5. The molecule has 3 rings (SSSR count). The van der Waals surface area contributed by atoms with Gasteiger partial charge in [0.25, 0.3) is 0 Å². The second kappa shape index (κ2) is 15.1. The van der Waals surface area contributed by atoms with E-state index in [1.54, 1.807) is 6.20 Å². The molecule has 0 amide bonds. The zero-order chi connectivity index (χ0) is 24.9. The third-order valence-electron chi connectivity index (χ3n) is 5.27. The number of halogens is 1. The highest BCUT2D eigenvalue weighted by atomic mass is 35.5. The number of aryl methyl sites for hydroxylation is 1. The third-order valence-corrected chi connectivity index (χ3v) is 6.93. The van der Waals surface area contributed by atoms with Gasteiger partial charge in [-0.3, -0.25) is 9.93 Å². The van der Waals surface area contributed by atoms with E-state index >= 15 is 0 Å². The highest BCUT2D eigenvalue weighted by Gasteiger charge is 2.18. The molecule has 3 aromatic rings. The number of anilines is 1. The van der Waals surface area contributed by atoms with Crippen molar-refractivity contribution < 1.29 is 8.98 Å². The van der Waals surface area contributed by atoms with Crippen molar-refractivity contribution in [2.75, 3.05) is 18.5 Å². The first-order valence-corrected chi connectivity index (χ1v) is 13.5. The molecule has 9 heteroatoms. The minimum atomic E-state index is -0.0822. The Kier molecular flexibility index (Phi) is 12.6. The number of aromatic nitrogens is 2. The van der Waals surface area contributed by atoms with E-state index in [1.165, 1.54) is 17.7 Å². The minimum Gasteiger partial charge on any atom is -0.369 e. The van der Waals surface area contributed by atoms with Gasteiger partial charge in [-0.2, -0.15) is 0 Å². The molecule has 1 aromatic carbocycles. The average Bonchev–Trinajstić information content (AvgIpc) is 3.33. The van der Waals surface area contributed by atoms with Crippen molar-refractivity contribution >= 4 is 46.8 Å². The zero-order valence-corrected chi connectivity index (χ0v) is 22.5. The van der Waals surface area contributed by atoms with Crippen molar-refractivity contribution in [2.24, 2.45) is 11.1 Å². The smallest absolute Gasteiger partial charge is 0.208 e. The standard InChI is InChI=1S/C23H27ClN4O2S2.C2H6/c1-3-16(12-30-32-25)6-7-27-23-19(11-26-14-28-23)22(29)21-10-18(13-31-21)8-17-5-4-15(2)20(24)9-17;1-2/h4-5,9-11,13-14,16H,3,6-8,12,25H2,1-2H3,(H,26,27,28);1-2H3. The molecule has 0 saturated heterocycles. The Morgan fingerprint density at radius 2 is 2.09 bits per heavy atom.